The third-order valence-corrected chi connectivity index (χ3v) is 5.57. The summed E-state index contributed by atoms with van der Waals surface area (Å²) in [6.07, 6.45) is 3.93. The number of hydrogen-bond donors (Lipinski definition) is 8. The number of nitrogens with zero attached hydrogens (tertiary/aromatic N) is 1. The molecule has 14 heteroatoms. The number of carbonyl (C=O) groups is 5. The number of nitrogens with two attached hydrogens (primary N) is 2. The molecule has 0 saturated heterocycles. The van der Waals surface area contributed by atoms with Gasteiger partial charge in [-0.25, -0.2) is 9.78 Å². The molecule has 0 aliphatic carbocycles. The molecule has 0 spiro atoms. The van der Waals surface area contributed by atoms with Crippen LogP contribution in [0.25, 0.3) is 10.9 Å². The molecule has 3 rings (SSSR count). The number of nitrogens with one attached hydrogen (secondary N) is 5. The van der Waals surface area contributed by atoms with Crippen LogP contribution in [-0.4, -0.2) is 74.3 Å². The zero-order valence-corrected chi connectivity index (χ0v) is 19.7. The number of aliphatic carboxylic acids is 1. The Morgan fingerprint density at radius 2 is 1.62 bits per heavy atom. The van der Waals surface area contributed by atoms with Crippen LogP contribution in [0.3, 0.4) is 0 Å². The molecule has 2 aromatic heterocycles. The average Bonchev–Trinajstić information content (AvgIpc) is 3.52. The van der Waals surface area contributed by atoms with Gasteiger partial charge in [-0.1, -0.05) is 18.2 Å². The number of H-pyrrole nitrogens is 2. The van der Waals surface area contributed by atoms with Gasteiger partial charge in [0, 0.05) is 41.8 Å². The van der Waals surface area contributed by atoms with Crippen LogP contribution in [0.5, 0.6) is 0 Å². The van der Waals surface area contributed by atoms with E-state index < -0.39 is 54.1 Å². The minimum Gasteiger partial charge on any atom is -0.480 e. The fourth-order valence-corrected chi connectivity index (χ4v) is 3.75. The lowest BCUT2D eigenvalue weighted by Gasteiger charge is -2.24. The molecule has 2 heterocycles. The van der Waals surface area contributed by atoms with E-state index in [1.165, 1.54) is 12.5 Å². The number of rotatable bonds is 13. The number of primary amides is 1. The van der Waals surface area contributed by atoms with Crippen LogP contribution in [0.2, 0.25) is 0 Å². The normalized spacial score (nSPS) is 13.3. The predicted molar refractivity (Wildman–Crippen MR) is 131 cm³/mol. The summed E-state index contributed by atoms with van der Waals surface area (Å²) in [6, 6.07) is 3.33. The van der Waals surface area contributed by atoms with Gasteiger partial charge in [0.15, 0.2) is 0 Å². The Hall–Kier alpha value is -4.72. The van der Waals surface area contributed by atoms with E-state index in [1.807, 2.05) is 24.3 Å². The number of carboxylic acids is 1. The van der Waals surface area contributed by atoms with Gasteiger partial charge in [0.1, 0.15) is 18.1 Å². The van der Waals surface area contributed by atoms with Crippen molar-refractivity contribution in [1.29, 1.82) is 0 Å². The van der Waals surface area contributed by atoms with E-state index in [0.29, 0.717) is 11.3 Å². The van der Waals surface area contributed by atoms with E-state index in [1.54, 1.807) is 6.20 Å². The molecule has 0 fully saturated rings. The van der Waals surface area contributed by atoms with Crippen LogP contribution in [0.4, 0.5) is 0 Å². The number of aromatic nitrogens is 3. The van der Waals surface area contributed by atoms with Gasteiger partial charge in [0.25, 0.3) is 0 Å². The Morgan fingerprint density at radius 3 is 2.24 bits per heavy atom. The van der Waals surface area contributed by atoms with Crippen molar-refractivity contribution >= 4 is 40.5 Å². The number of imidazole rings is 1. The second kappa shape index (κ2) is 12.3. The molecule has 0 bridgehead atoms. The molecule has 10 N–H and O–H groups in total. The molecule has 0 radical (unpaired) electrons. The van der Waals surface area contributed by atoms with E-state index in [-0.39, 0.29) is 19.4 Å². The second-order valence-corrected chi connectivity index (χ2v) is 8.30. The lowest BCUT2D eigenvalue weighted by molar-refractivity contribution is -0.143. The number of carboxylic acid groups (broad SMARTS) is 1. The highest BCUT2D eigenvalue weighted by Crippen LogP contribution is 2.19. The maximum atomic E-state index is 13.2. The first-order valence-corrected chi connectivity index (χ1v) is 11.3. The molecule has 1 aromatic carbocycles. The highest BCUT2D eigenvalue weighted by atomic mass is 16.4. The van der Waals surface area contributed by atoms with Gasteiger partial charge in [-0.15, -0.1) is 0 Å². The van der Waals surface area contributed by atoms with Crippen LogP contribution < -0.4 is 27.4 Å². The molecule has 0 aliphatic heterocycles. The van der Waals surface area contributed by atoms with E-state index in [2.05, 4.69) is 30.9 Å². The Balaban J connectivity index is 1.87. The molecule has 3 unspecified atom stereocenters. The van der Waals surface area contributed by atoms with Crippen molar-refractivity contribution in [3.8, 4) is 0 Å². The molecule has 0 aliphatic rings. The van der Waals surface area contributed by atoms with E-state index >= 15 is 0 Å². The topological polar surface area (TPSA) is 238 Å². The molecule has 0 saturated carbocycles. The largest absolute Gasteiger partial charge is 0.480 e. The van der Waals surface area contributed by atoms with Gasteiger partial charge in [-0.3, -0.25) is 19.2 Å². The van der Waals surface area contributed by atoms with Crippen LogP contribution in [-0.2, 0) is 36.8 Å². The number of carbonyl (C=O) groups excluding carboxylic acids is 4. The molecule has 14 nitrogen and oxygen atoms in total. The lowest BCUT2D eigenvalue weighted by atomic mass is 10.0. The third kappa shape index (κ3) is 7.38. The molecular formula is C23H28N8O6. The Bertz CT molecular complexity index is 1270. The molecule has 37 heavy (non-hydrogen) atoms. The van der Waals surface area contributed by atoms with Crippen molar-refractivity contribution in [2.75, 3.05) is 6.54 Å². The van der Waals surface area contributed by atoms with Crippen molar-refractivity contribution in [1.82, 2.24) is 30.9 Å². The summed E-state index contributed by atoms with van der Waals surface area (Å²) in [5, 5.41) is 17.6. The first-order valence-electron chi connectivity index (χ1n) is 11.3. The molecule has 196 valence electrons. The predicted octanol–water partition coefficient (Wildman–Crippen LogP) is -1.95. The third-order valence-electron chi connectivity index (χ3n) is 5.57. The fourth-order valence-electron chi connectivity index (χ4n) is 3.75. The number of hydrogen-bond acceptors (Lipinski definition) is 7. The van der Waals surface area contributed by atoms with Gasteiger partial charge >= 0.3 is 5.97 Å². The minimum absolute atomic E-state index is 0.0217. The first kappa shape index (κ1) is 26.9. The summed E-state index contributed by atoms with van der Waals surface area (Å²) in [5.41, 5.74) is 12.5. The molecule has 3 atom stereocenters. The van der Waals surface area contributed by atoms with Crippen LogP contribution in [0, 0.1) is 0 Å². The number of amides is 4. The monoisotopic (exact) mass is 512 g/mol. The molecule has 4 amide bonds. The SMILES string of the molecule is NCC(=O)NC(Cc1cnc[nH]1)C(=O)NC(Cc1c[nH]c2ccccc12)C(=O)NC(CC(N)=O)C(=O)O. The Morgan fingerprint density at radius 1 is 0.946 bits per heavy atom. The van der Waals surface area contributed by atoms with Crippen LogP contribution >= 0.6 is 0 Å². The van der Waals surface area contributed by atoms with Gasteiger partial charge in [-0.2, -0.15) is 0 Å². The standard InChI is InChI=1S/C23H28N8O6/c24-8-20(33)29-17(6-13-10-26-11-28-13)22(35)30-16(21(34)31-18(23(36)37)7-19(25)32)5-12-9-27-15-4-2-1-3-14(12)15/h1-4,9-11,16-18,27H,5-8,24H2,(H2,25,32)(H,26,28)(H,29,33)(H,30,35)(H,31,34)(H,36,37). The van der Waals surface area contributed by atoms with Crippen molar-refractivity contribution in [3.05, 3.63) is 54.2 Å². The maximum Gasteiger partial charge on any atom is 0.326 e. The second-order valence-electron chi connectivity index (χ2n) is 8.30. The zero-order valence-electron chi connectivity index (χ0n) is 19.7. The van der Waals surface area contributed by atoms with E-state index in [4.69, 9.17) is 11.5 Å². The van der Waals surface area contributed by atoms with Gasteiger partial charge in [0.05, 0.1) is 19.3 Å². The smallest absolute Gasteiger partial charge is 0.326 e. The summed E-state index contributed by atoms with van der Waals surface area (Å²) >= 11 is 0. The lowest BCUT2D eigenvalue weighted by Crippen LogP contribution is -2.57. The quantitative estimate of drug-likeness (QED) is 0.128. The van der Waals surface area contributed by atoms with E-state index in [0.717, 1.165) is 10.9 Å². The number of fused-ring (bicyclic) bond motifs is 1. The highest BCUT2D eigenvalue weighted by Gasteiger charge is 2.31. The summed E-state index contributed by atoms with van der Waals surface area (Å²) in [7, 11) is 0. The van der Waals surface area contributed by atoms with Gasteiger partial charge in [0.2, 0.25) is 23.6 Å². The maximum absolute atomic E-state index is 13.2. The Labute approximate surface area is 210 Å². The molecular weight excluding hydrogens is 484 g/mol. The average molecular weight is 513 g/mol. The first-order chi connectivity index (χ1) is 17.7. The van der Waals surface area contributed by atoms with Gasteiger partial charge < -0.3 is 42.5 Å². The van der Waals surface area contributed by atoms with Gasteiger partial charge in [-0.05, 0) is 11.6 Å². The van der Waals surface area contributed by atoms with Crippen molar-refractivity contribution < 1.29 is 29.1 Å². The van der Waals surface area contributed by atoms with Crippen molar-refractivity contribution in [2.24, 2.45) is 11.5 Å². The number of benzene rings is 1. The summed E-state index contributed by atoms with van der Waals surface area (Å²) in [6.45, 7) is -0.362. The van der Waals surface area contributed by atoms with E-state index in [9.17, 15) is 29.1 Å². The minimum atomic E-state index is -1.59. The summed E-state index contributed by atoms with van der Waals surface area (Å²) < 4.78 is 0. The van der Waals surface area contributed by atoms with Crippen LogP contribution in [0.15, 0.2) is 43.0 Å². The fraction of sp³-hybridized carbons (Fsp3) is 0.304. The zero-order chi connectivity index (χ0) is 26.9. The number of aromatic amines is 2. The summed E-state index contributed by atoms with van der Waals surface area (Å²) in [5.74, 6) is -4.54. The van der Waals surface area contributed by atoms with Crippen molar-refractivity contribution in [2.45, 2.75) is 37.4 Å². The highest BCUT2D eigenvalue weighted by molar-refractivity contribution is 5.95. The Kier molecular flexibility index (Phi) is 8.94. The van der Waals surface area contributed by atoms with Crippen molar-refractivity contribution in [3.63, 3.8) is 0 Å². The summed E-state index contributed by atoms with van der Waals surface area (Å²) in [4.78, 5) is 71.1. The number of para-hydroxylation sites is 1. The van der Waals surface area contributed by atoms with Crippen LogP contribution in [0.1, 0.15) is 17.7 Å². The molecule has 3 aromatic rings.